The van der Waals surface area contributed by atoms with Gasteiger partial charge in [0.05, 0.1) is 4.92 Å². The number of nitrogens with zero attached hydrogens (tertiary/aromatic N) is 4. The number of anilines is 1. The maximum Gasteiger partial charge on any atom is 0.269 e. The van der Waals surface area contributed by atoms with Crippen molar-refractivity contribution in [2.45, 2.75) is 25.3 Å². The molecule has 0 fully saturated rings. The van der Waals surface area contributed by atoms with Crippen molar-refractivity contribution in [2.24, 2.45) is 0 Å². The third-order valence-corrected chi connectivity index (χ3v) is 5.41. The molecule has 2 heterocycles. The van der Waals surface area contributed by atoms with Gasteiger partial charge < -0.3 is 10.4 Å². The number of nitro groups is 1. The second-order valence-corrected chi connectivity index (χ2v) is 7.30. The second-order valence-electron chi connectivity index (χ2n) is 7.30. The highest BCUT2D eigenvalue weighted by atomic mass is 16.6. The van der Waals surface area contributed by atoms with Crippen LogP contribution in [0.3, 0.4) is 0 Å². The molecule has 2 aliphatic rings. The Balaban J connectivity index is 1.64. The summed E-state index contributed by atoms with van der Waals surface area (Å²) in [6, 6.07) is 12.2. The number of aromatic nitrogens is 3. The smallest absolute Gasteiger partial charge is 0.269 e. The lowest BCUT2D eigenvalue weighted by Gasteiger charge is -2.32. The van der Waals surface area contributed by atoms with Crippen molar-refractivity contribution >= 4 is 17.4 Å². The Labute approximate surface area is 170 Å². The molecular weight excluding hydrogens is 386 g/mol. The van der Waals surface area contributed by atoms with E-state index in [0.717, 1.165) is 29.7 Å². The van der Waals surface area contributed by atoms with Crippen LogP contribution in [0.25, 0.3) is 11.4 Å². The van der Waals surface area contributed by atoms with E-state index in [1.807, 2.05) is 0 Å². The predicted octanol–water partition coefficient (Wildman–Crippen LogP) is 3.58. The fourth-order valence-corrected chi connectivity index (χ4v) is 3.98. The molecule has 1 aromatic heterocycles. The summed E-state index contributed by atoms with van der Waals surface area (Å²) in [5.41, 5.74) is 2.90. The molecule has 1 unspecified atom stereocenters. The number of Topliss-reactive ketones (excluding diaryl/α,β-unsaturated/α-hetero) is 1. The van der Waals surface area contributed by atoms with E-state index in [1.165, 1.54) is 12.1 Å². The van der Waals surface area contributed by atoms with Gasteiger partial charge in [-0.05, 0) is 54.8 Å². The van der Waals surface area contributed by atoms with Crippen molar-refractivity contribution in [3.05, 3.63) is 75.5 Å². The average Bonchev–Trinajstić information content (AvgIpc) is 3.16. The highest BCUT2D eigenvalue weighted by Gasteiger charge is 2.37. The summed E-state index contributed by atoms with van der Waals surface area (Å²) in [4.78, 5) is 28.0. The molecular formula is C21H17N5O4. The van der Waals surface area contributed by atoms with Crippen molar-refractivity contribution in [2.75, 3.05) is 5.32 Å². The van der Waals surface area contributed by atoms with Gasteiger partial charge in [0.1, 0.15) is 11.8 Å². The van der Waals surface area contributed by atoms with Crippen LogP contribution in [0.1, 0.15) is 30.9 Å². The number of rotatable bonds is 3. The van der Waals surface area contributed by atoms with Crippen LogP contribution in [-0.2, 0) is 4.79 Å². The van der Waals surface area contributed by atoms with Crippen LogP contribution in [0.5, 0.6) is 5.75 Å². The van der Waals surface area contributed by atoms with E-state index >= 15 is 0 Å². The number of hydrogen-bond acceptors (Lipinski definition) is 7. The Morgan fingerprint density at radius 1 is 1.10 bits per heavy atom. The number of nitro benzene ring substituents is 1. The van der Waals surface area contributed by atoms with Crippen molar-refractivity contribution in [1.82, 2.24) is 14.8 Å². The van der Waals surface area contributed by atoms with E-state index < -0.39 is 11.0 Å². The average molecular weight is 403 g/mol. The minimum absolute atomic E-state index is 0.0135. The number of allylic oxidation sites excluding steroid dienone is 2. The lowest BCUT2D eigenvalue weighted by Crippen LogP contribution is -2.31. The number of aromatic hydroxyl groups is 1. The van der Waals surface area contributed by atoms with Crippen LogP contribution >= 0.6 is 0 Å². The minimum atomic E-state index is -0.511. The zero-order chi connectivity index (χ0) is 20.8. The first kappa shape index (κ1) is 18.0. The molecule has 3 aromatic rings. The molecule has 0 amide bonds. The number of phenols is 1. The van der Waals surface area contributed by atoms with Crippen LogP contribution < -0.4 is 5.32 Å². The first-order valence-corrected chi connectivity index (χ1v) is 9.55. The summed E-state index contributed by atoms with van der Waals surface area (Å²) in [6.07, 6.45) is 1.95. The van der Waals surface area contributed by atoms with Crippen LogP contribution in [0.2, 0.25) is 0 Å². The van der Waals surface area contributed by atoms with E-state index in [1.54, 1.807) is 41.1 Å². The van der Waals surface area contributed by atoms with Crippen molar-refractivity contribution < 1.29 is 14.8 Å². The van der Waals surface area contributed by atoms with Gasteiger partial charge in [-0.15, -0.1) is 5.10 Å². The maximum absolute atomic E-state index is 12.8. The number of fused-ring (bicyclic) bond motifs is 1. The summed E-state index contributed by atoms with van der Waals surface area (Å²) in [7, 11) is 0. The Hall–Kier alpha value is -4.01. The zero-order valence-corrected chi connectivity index (χ0v) is 15.8. The lowest BCUT2D eigenvalue weighted by molar-refractivity contribution is -0.384. The number of hydrogen-bond donors (Lipinski definition) is 2. The molecule has 0 spiro atoms. The first-order valence-electron chi connectivity index (χ1n) is 9.55. The Kier molecular flexibility index (Phi) is 4.09. The Morgan fingerprint density at radius 3 is 2.53 bits per heavy atom. The fraction of sp³-hybridized carbons (Fsp3) is 0.190. The summed E-state index contributed by atoms with van der Waals surface area (Å²) in [5.74, 6) is 1.15. The normalized spacial score (nSPS) is 17.9. The zero-order valence-electron chi connectivity index (χ0n) is 15.8. The van der Waals surface area contributed by atoms with Crippen molar-refractivity contribution in [3.63, 3.8) is 0 Å². The molecule has 1 atom stereocenters. The first-order chi connectivity index (χ1) is 14.5. The number of carbonyl (C=O) groups is 1. The van der Waals surface area contributed by atoms with Gasteiger partial charge in [0, 0.05) is 35.4 Å². The summed E-state index contributed by atoms with van der Waals surface area (Å²) < 4.78 is 1.66. The number of phenolic OH excluding ortho intramolecular Hbond substituents is 1. The van der Waals surface area contributed by atoms with Crippen LogP contribution in [-0.4, -0.2) is 30.6 Å². The summed E-state index contributed by atoms with van der Waals surface area (Å²) >= 11 is 0. The van der Waals surface area contributed by atoms with E-state index in [2.05, 4.69) is 15.4 Å². The second kappa shape index (κ2) is 6.80. The van der Waals surface area contributed by atoms with E-state index in [9.17, 15) is 20.0 Å². The van der Waals surface area contributed by atoms with Gasteiger partial charge >= 0.3 is 0 Å². The van der Waals surface area contributed by atoms with Crippen LogP contribution in [0, 0.1) is 10.1 Å². The van der Waals surface area contributed by atoms with Crippen molar-refractivity contribution in [3.8, 4) is 17.1 Å². The van der Waals surface area contributed by atoms with Gasteiger partial charge in [-0.1, -0.05) is 0 Å². The third-order valence-electron chi connectivity index (χ3n) is 5.41. The third kappa shape index (κ3) is 2.91. The monoisotopic (exact) mass is 403 g/mol. The maximum atomic E-state index is 12.8. The van der Waals surface area contributed by atoms with E-state index in [4.69, 9.17) is 0 Å². The molecule has 1 aliphatic heterocycles. The lowest BCUT2D eigenvalue weighted by atomic mass is 9.85. The standard InChI is InChI=1S/C21H17N5O4/c27-15-10-6-13(7-11-15)20-23-21-22-16-2-1-3-17(28)18(16)19(25(21)24-20)12-4-8-14(9-5-12)26(29)30/h4-11,19,27H,1-3H2,(H,22,23,24). The molecule has 1 aliphatic carbocycles. The largest absolute Gasteiger partial charge is 0.508 e. The number of carbonyl (C=O) groups excluding carboxylic acids is 1. The topological polar surface area (TPSA) is 123 Å². The van der Waals surface area contributed by atoms with Gasteiger partial charge in [-0.3, -0.25) is 14.9 Å². The summed E-state index contributed by atoms with van der Waals surface area (Å²) in [5, 5.41) is 28.5. The number of non-ortho nitro benzene ring substituents is 1. The van der Waals surface area contributed by atoms with Gasteiger partial charge in [0.25, 0.3) is 5.69 Å². The Morgan fingerprint density at radius 2 is 1.83 bits per heavy atom. The molecule has 0 bridgehead atoms. The molecule has 9 nitrogen and oxygen atoms in total. The minimum Gasteiger partial charge on any atom is -0.508 e. The molecule has 2 N–H and O–H groups in total. The van der Waals surface area contributed by atoms with E-state index in [-0.39, 0.29) is 17.2 Å². The van der Waals surface area contributed by atoms with Crippen LogP contribution in [0.4, 0.5) is 11.6 Å². The molecule has 0 saturated carbocycles. The molecule has 0 radical (unpaired) electrons. The molecule has 2 aromatic carbocycles. The predicted molar refractivity (Wildman–Crippen MR) is 108 cm³/mol. The van der Waals surface area contributed by atoms with Crippen molar-refractivity contribution in [1.29, 1.82) is 0 Å². The SMILES string of the molecule is O=C1CCCC2=C1C(c1ccc([N+](=O)[O-])cc1)n1nc(-c3ccc(O)cc3)nc1N2. The quantitative estimate of drug-likeness (QED) is 0.506. The number of ketones is 1. The molecule has 5 rings (SSSR count). The van der Waals surface area contributed by atoms with Gasteiger partial charge in [-0.2, -0.15) is 4.98 Å². The van der Waals surface area contributed by atoms with E-state index in [0.29, 0.717) is 23.8 Å². The molecule has 9 heteroatoms. The van der Waals surface area contributed by atoms with Crippen LogP contribution in [0.15, 0.2) is 59.8 Å². The van der Waals surface area contributed by atoms with Gasteiger partial charge in [-0.25, -0.2) is 4.68 Å². The number of nitrogens with one attached hydrogen (secondary N) is 1. The highest BCUT2D eigenvalue weighted by molar-refractivity contribution is 5.99. The molecule has 30 heavy (non-hydrogen) atoms. The molecule has 150 valence electrons. The van der Waals surface area contributed by atoms with Gasteiger partial charge in [0.15, 0.2) is 11.6 Å². The number of benzene rings is 2. The summed E-state index contributed by atoms with van der Waals surface area (Å²) in [6.45, 7) is 0. The highest BCUT2D eigenvalue weighted by Crippen LogP contribution is 2.41. The fourth-order valence-electron chi connectivity index (χ4n) is 3.98. The van der Waals surface area contributed by atoms with Gasteiger partial charge in [0.2, 0.25) is 5.95 Å². The Bertz CT molecular complexity index is 1200. The molecule has 0 saturated heterocycles.